The minimum absolute atomic E-state index is 0.263. The fourth-order valence-corrected chi connectivity index (χ4v) is 5.38. The highest BCUT2D eigenvalue weighted by Gasteiger charge is 2.37. The van der Waals surface area contributed by atoms with Gasteiger partial charge in [-0.3, -0.25) is 9.59 Å². The summed E-state index contributed by atoms with van der Waals surface area (Å²) in [6, 6.07) is 7.91. The molecule has 2 amide bonds. The van der Waals surface area contributed by atoms with Crippen LogP contribution in [0.5, 0.6) is 0 Å². The van der Waals surface area contributed by atoms with Gasteiger partial charge in [-0.15, -0.1) is 11.8 Å². The highest BCUT2D eigenvalue weighted by molar-refractivity contribution is 7.99. The maximum Gasteiger partial charge on any atom is 0.303 e. The van der Waals surface area contributed by atoms with Crippen molar-refractivity contribution in [3.63, 3.8) is 0 Å². The maximum atomic E-state index is 12.6. The number of carbonyl (C=O) groups excluding carboxylic acids is 2. The zero-order chi connectivity index (χ0) is 17.9. The van der Waals surface area contributed by atoms with Gasteiger partial charge >= 0.3 is 10.2 Å². The molecule has 7 nitrogen and oxygen atoms in total. The second-order valence-corrected chi connectivity index (χ2v) is 8.76. The summed E-state index contributed by atoms with van der Waals surface area (Å²) in [6.07, 6.45) is 2.60. The molecule has 2 aliphatic rings. The molecule has 1 aromatic rings. The van der Waals surface area contributed by atoms with Crippen molar-refractivity contribution >= 4 is 33.8 Å². The van der Waals surface area contributed by atoms with Crippen LogP contribution in [0.3, 0.4) is 0 Å². The van der Waals surface area contributed by atoms with Crippen molar-refractivity contribution in [3.8, 4) is 0 Å². The Bertz CT molecular complexity index is 733. The van der Waals surface area contributed by atoms with Crippen LogP contribution in [0.2, 0.25) is 0 Å². The highest BCUT2D eigenvalue weighted by atomic mass is 32.2. The van der Waals surface area contributed by atoms with Gasteiger partial charge in [-0.25, -0.2) is 4.72 Å². The Kier molecular flexibility index (Phi) is 5.65. The van der Waals surface area contributed by atoms with E-state index in [2.05, 4.69) is 4.72 Å². The molecule has 0 aliphatic carbocycles. The molecule has 2 aliphatic heterocycles. The summed E-state index contributed by atoms with van der Waals surface area (Å²) < 4.78 is 28.2. The first-order valence-corrected chi connectivity index (χ1v) is 10.8. The summed E-state index contributed by atoms with van der Waals surface area (Å²) in [4.78, 5) is 26.6. The molecule has 1 aromatic carbocycles. The van der Waals surface area contributed by atoms with Crippen molar-refractivity contribution in [1.82, 2.24) is 13.9 Å². The molecular formula is C16H21N3O4S2. The van der Waals surface area contributed by atoms with Crippen molar-refractivity contribution in [3.05, 3.63) is 35.9 Å². The Morgan fingerprint density at radius 3 is 2.44 bits per heavy atom. The lowest BCUT2D eigenvalue weighted by atomic mass is 10.2. The zero-order valence-electron chi connectivity index (χ0n) is 13.8. The van der Waals surface area contributed by atoms with Crippen molar-refractivity contribution in [1.29, 1.82) is 0 Å². The second kappa shape index (κ2) is 7.76. The van der Waals surface area contributed by atoms with Crippen molar-refractivity contribution in [2.45, 2.75) is 25.3 Å². The van der Waals surface area contributed by atoms with E-state index in [9.17, 15) is 18.0 Å². The molecule has 0 bridgehead atoms. The van der Waals surface area contributed by atoms with Gasteiger partial charge in [0, 0.05) is 24.4 Å². The maximum absolute atomic E-state index is 12.6. The molecule has 0 unspecified atom stereocenters. The average molecular weight is 383 g/mol. The minimum atomic E-state index is -3.85. The third-order valence-corrected chi connectivity index (χ3v) is 6.87. The number of amides is 2. The van der Waals surface area contributed by atoms with E-state index in [-0.39, 0.29) is 5.91 Å². The Balaban J connectivity index is 1.69. The van der Waals surface area contributed by atoms with Gasteiger partial charge in [0.2, 0.25) is 0 Å². The van der Waals surface area contributed by atoms with Crippen molar-refractivity contribution < 1.29 is 18.0 Å². The molecular weight excluding hydrogens is 362 g/mol. The van der Waals surface area contributed by atoms with Gasteiger partial charge in [0.25, 0.3) is 11.8 Å². The first kappa shape index (κ1) is 18.2. The van der Waals surface area contributed by atoms with Crippen LogP contribution in [0.15, 0.2) is 30.3 Å². The van der Waals surface area contributed by atoms with E-state index in [4.69, 9.17) is 0 Å². The topological polar surface area (TPSA) is 86.8 Å². The molecule has 1 N–H and O–H groups in total. The Morgan fingerprint density at radius 1 is 1.08 bits per heavy atom. The van der Waals surface area contributed by atoms with E-state index in [0.29, 0.717) is 30.3 Å². The molecule has 0 aromatic heterocycles. The van der Waals surface area contributed by atoms with E-state index in [1.807, 2.05) is 6.07 Å². The molecule has 3 rings (SSSR count). The lowest BCUT2D eigenvalue weighted by Gasteiger charge is -2.28. The van der Waals surface area contributed by atoms with E-state index < -0.39 is 22.2 Å². The lowest BCUT2D eigenvalue weighted by Crippen LogP contribution is -2.52. The van der Waals surface area contributed by atoms with Gasteiger partial charge in [0.15, 0.2) is 0 Å². The quantitative estimate of drug-likeness (QED) is 0.840. The fourth-order valence-electron chi connectivity index (χ4n) is 2.97. The molecule has 2 fully saturated rings. The number of hydrogen-bond acceptors (Lipinski definition) is 5. The van der Waals surface area contributed by atoms with E-state index in [1.54, 1.807) is 24.3 Å². The summed E-state index contributed by atoms with van der Waals surface area (Å²) in [7, 11) is -3.85. The molecule has 2 heterocycles. The number of carbonyl (C=O) groups is 2. The van der Waals surface area contributed by atoms with Crippen LogP contribution in [0.25, 0.3) is 0 Å². The number of nitrogens with one attached hydrogen (secondary N) is 1. The number of thioether (sulfide) groups is 1. The summed E-state index contributed by atoms with van der Waals surface area (Å²) in [5.74, 6) is -0.142. The summed E-state index contributed by atoms with van der Waals surface area (Å²) in [6.45, 7) is 0.851. The van der Waals surface area contributed by atoms with Crippen LogP contribution in [-0.2, 0) is 15.0 Å². The average Bonchev–Trinajstić information content (AvgIpc) is 3.12. The Morgan fingerprint density at radius 2 is 1.76 bits per heavy atom. The molecule has 2 saturated heterocycles. The normalized spacial score (nSPS) is 21.9. The summed E-state index contributed by atoms with van der Waals surface area (Å²) in [5.41, 5.74) is 0.488. The zero-order valence-corrected chi connectivity index (χ0v) is 15.4. The summed E-state index contributed by atoms with van der Waals surface area (Å²) >= 11 is 1.44. The third-order valence-electron chi connectivity index (χ3n) is 4.35. The predicted octanol–water partition coefficient (Wildman–Crippen LogP) is 1.05. The van der Waals surface area contributed by atoms with E-state index in [1.165, 1.54) is 21.0 Å². The Labute approximate surface area is 151 Å². The largest absolute Gasteiger partial charge is 0.316 e. The molecule has 25 heavy (non-hydrogen) atoms. The molecule has 9 heteroatoms. The van der Waals surface area contributed by atoms with Gasteiger partial charge in [-0.05, 0) is 25.0 Å². The lowest BCUT2D eigenvalue weighted by molar-refractivity contribution is -0.122. The standard InChI is InChI=1S/C16H21N3O4S2/c20-15(17-25(22,23)18-9-5-2-6-10-18)14-11-24-12-19(14)16(21)13-7-3-1-4-8-13/h1,3-4,7-8,14H,2,5-6,9-12H2,(H,17,20)/t14-/m1/s1. The van der Waals surface area contributed by atoms with Crippen LogP contribution in [-0.4, -0.2) is 60.2 Å². The molecule has 0 radical (unpaired) electrons. The summed E-state index contributed by atoms with van der Waals surface area (Å²) in [5, 5.41) is 0. The van der Waals surface area contributed by atoms with Crippen molar-refractivity contribution in [2.75, 3.05) is 24.7 Å². The third kappa shape index (κ3) is 4.16. The van der Waals surface area contributed by atoms with Crippen LogP contribution < -0.4 is 4.72 Å². The molecule has 0 spiro atoms. The highest BCUT2D eigenvalue weighted by Crippen LogP contribution is 2.24. The van der Waals surface area contributed by atoms with Crippen LogP contribution >= 0.6 is 11.8 Å². The number of hydrogen-bond donors (Lipinski definition) is 1. The predicted molar refractivity (Wildman–Crippen MR) is 96.2 cm³/mol. The molecule has 1 atom stereocenters. The van der Waals surface area contributed by atoms with Gasteiger partial charge in [0.1, 0.15) is 6.04 Å². The van der Waals surface area contributed by atoms with Gasteiger partial charge in [-0.1, -0.05) is 24.6 Å². The van der Waals surface area contributed by atoms with Gasteiger partial charge in [0.05, 0.1) is 5.88 Å². The molecule has 136 valence electrons. The van der Waals surface area contributed by atoms with Gasteiger partial charge in [-0.2, -0.15) is 12.7 Å². The van der Waals surface area contributed by atoms with E-state index in [0.717, 1.165) is 19.3 Å². The van der Waals surface area contributed by atoms with Crippen LogP contribution in [0.4, 0.5) is 0 Å². The second-order valence-electron chi connectivity index (χ2n) is 6.09. The van der Waals surface area contributed by atoms with Gasteiger partial charge < -0.3 is 4.90 Å². The van der Waals surface area contributed by atoms with Crippen LogP contribution in [0.1, 0.15) is 29.6 Å². The van der Waals surface area contributed by atoms with Crippen LogP contribution in [0, 0.1) is 0 Å². The Hall–Kier alpha value is -1.58. The number of nitrogens with zero attached hydrogens (tertiary/aromatic N) is 2. The molecule has 0 saturated carbocycles. The number of piperidine rings is 1. The first-order chi connectivity index (χ1) is 12.0. The number of benzene rings is 1. The monoisotopic (exact) mass is 383 g/mol. The number of rotatable bonds is 4. The van der Waals surface area contributed by atoms with E-state index >= 15 is 0 Å². The minimum Gasteiger partial charge on any atom is -0.316 e. The van der Waals surface area contributed by atoms with Crippen molar-refractivity contribution in [2.24, 2.45) is 0 Å². The smallest absolute Gasteiger partial charge is 0.303 e. The first-order valence-electron chi connectivity index (χ1n) is 8.24. The fraction of sp³-hybridized carbons (Fsp3) is 0.500. The SMILES string of the molecule is O=C(NS(=O)(=O)N1CCCCC1)[C@H]1CSCN1C(=O)c1ccccc1.